The van der Waals surface area contributed by atoms with E-state index in [1.807, 2.05) is 55.5 Å². The van der Waals surface area contributed by atoms with Crippen LogP contribution in [0.2, 0.25) is 0 Å². The standard InChI is InChI=1S/C16H15BrO2/c1-11(17)16(18)14-5-3-12(4-6-14)13-7-9-15(19-2)10-8-13/h3-11H,1-2H3. The molecule has 0 saturated carbocycles. The number of hydrogen-bond donors (Lipinski definition) is 0. The number of benzene rings is 2. The molecule has 2 aromatic carbocycles. The summed E-state index contributed by atoms with van der Waals surface area (Å²) >= 11 is 3.29. The third-order valence-corrected chi connectivity index (χ3v) is 3.37. The van der Waals surface area contributed by atoms with Gasteiger partial charge in [-0.15, -0.1) is 0 Å². The van der Waals surface area contributed by atoms with Crippen LogP contribution in [-0.2, 0) is 0 Å². The summed E-state index contributed by atoms with van der Waals surface area (Å²) in [5, 5.41) is 0. The Balaban J connectivity index is 2.24. The van der Waals surface area contributed by atoms with E-state index in [-0.39, 0.29) is 10.6 Å². The Morgan fingerprint density at radius 3 is 1.89 bits per heavy atom. The minimum atomic E-state index is -0.153. The second-order valence-electron chi connectivity index (χ2n) is 4.29. The van der Waals surface area contributed by atoms with Crippen LogP contribution >= 0.6 is 15.9 Å². The van der Waals surface area contributed by atoms with E-state index in [2.05, 4.69) is 15.9 Å². The van der Waals surface area contributed by atoms with E-state index < -0.39 is 0 Å². The molecule has 2 nitrogen and oxygen atoms in total. The van der Waals surface area contributed by atoms with E-state index in [1.54, 1.807) is 7.11 Å². The highest BCUT2D eigenvalue weighted by molar-refractivity contribution is 9.10. The van der Waals surface area contributed by atoms with Crippen molar-refractivity contribution in [3.05, 3.63) is 54.1 Å². The van der Waals surface area contributed by atoms with Gasteiger partial charge in [0.05, 0.1) is 11.9 Å². The van der Waals surface area contributed by atoms with Crippen LogP contribution in [0.15, 0.2) is 48.5 Å². The van der Waals surface area contributed by atoms with Crippen molar-refractivity contribution >= 4 is 21.7 Å². The number of halogens is 1. The number of Topliss-reactive ketones (excluding diaryl/α,β-unsaturated/α-hetero) is 1. The van der Waals surface area contributed by atoms with Crippen molar-refractivity contribution in [1.29, 1.82) is 0 Å². The van der Waals surface area contributed by atoms with E-state index in [9.17, 15) is 4.79 Å². The highest BCUT2D eigenvalue weighted by Gasteiger charge is 2.11. The van der Waals surface area contributed by atoms with E-state index in [1.165, 1.54) is 0 Å². The highest BCUT2D eigenvalue weighted by Crippen LogP contribution is 2.23. The Morgan fingerprint density at radius 2 is 1.47 bits per heavy atom. The van der Waals surface area contributed by atoms with E-state index >= 15 is 0 Å². The molecule has 3 heteroatoms. The van der Waals surface area contributed by atoms with E-state index in [0.717, 1.165) is 22.4 Å². The number of ketones is 1. The molecule has 1 atom stereocenters. The van der Waals surface area contributed by atoms with Gasteiger partial charge >= 0.3 is 0 Å². The number of alkyl halides is 1. The summed E-state index contributed by atoms with van der Waals surface area (Å²) in [6.45, 7) is 1.83. The Hall–Kier alpha value is -1.61. The van der Waals surface area contributed by atoms with Crippen molar-refractivity contribution in [3.8, 4) is 16.9 Å². The molecule has 2 aromatic rings. The lowest BCUT2D eigenvalue weighted by molar-refractivity contribution is 0.0996. The Kier molecular flexibility index (Phi) is 4.38. The lowest BCUT2D eigenvalue weighted by Crippen LogP contribution is -2.09. The normalized spacial score (nSPS) is 11.9. The molecule has 2 rings (SSSR count). The quantitative estimate of drug-likeness (QED) is 0.619. The van der Waals surface area contributed by atoms with Crippen molar-refractivity contribution in [2.75, 3.05) is 7.11 Å². The number of carbonyl (C=O) groups is 1. The van der Waals surface area contributed by atoms with Gasteiger partial charge in [-0.1, -0.05) is 52.3 Å². The first-order valence-electron chi connectivity index (χ1n) is 6.04. The number of methoxy groups -OCH3 is 1. The van der Waals surface area contributed by atoms with Gasteiger partial charge in [0.25, 0.3) is 0 Å². The molecule has 0 amide bonds. The first-order chi connectivity index (χ1) is 9.11. The summed E-state index contributed by atoms with van der Waals surface area (Å²) in [7, 11) is 1.65. The third kappa shape index (κ3) is 3.24. The Morgan fingerprint density at radius 1 is 1.00 bits per heavy atom. The fourth-order valence-corrected chi connectivity index (χ4v) is 2.10. The van der Waals surface area contributed by atoms with Crippen LogP contribution in [0.5, 0.6) is 5.75 Å². The van der Waals surface area contributed by atoms with Crippen LogP contribution in [0.1, 0.15) is 17.3 Å². The third-order valence-electron chi connectivity index (χ3n) is 2.95. The Labute approximate surface area is 121 Å². The summed E-state index contributed by atoms with van der Waals surface area (Å²) in [5.74, 6) is 0.935. The van der Waals surface area contributed by atoms with Gasteiger partial charge in [0, 0.05) is 5.56 Å². The summed E-state index contributed by atoms with van der Waals surface area (Å²) in [4.78, 5) is 11.7. The van der Waals surface area contributed by atoms with Gasteiger partial charge in [-0.2, -0.15) is 0 Å². The van der Waals surface area contributed by atoms with Gasteiger partial charge < -0.3 is 4.74 Å². The van der Waals surface area contributed by atoms with Gasteiger partial charge in [0.1, 0.15) is 5.75 Å². The van der Waals surface area contributed by atoms with Gasteiger partial charge in [0.2, 0.25) is 0 Å². The van der Waals surface area contributed by atoms with Crippen LogP contribution in [0, 0.1) is 0 Å². The van der Waals surface area contributed by atoms with Crippen molar-refractivity contribution in [1.82, 2.24) is 0 Å². The van der Waals surface area contributed by atoms with Crippen LogP contribution in [0.3, 0.4) is 0 Å². The van der Waals surface area contributed by atoms with Crippen molar-refractivity contribution < 1.29 is 9.53 Å². The molecular weight excluding hydrogens is 304 g/mol. The summed E-state index contributed by atoms with van der Waals surface area (Å²) < 4.78 is 5.13. The predicted octanol–water partition coefficient (Wildman–Crippen LogP) is 4.33. The lowest BCUT2D eigenvalue weighted by Gasteiger charge is -2.06. The maximum absolute atomic E-state index is 11.8. The maximum Gasteiger partial charge on any atom is 0.176 e. The first-order valence-corrected chi connectivity index (χ1v) is 6.96. The molecule has 0 aliphatic rings. The second kappa shape index (κ2) is 6.02. The maximum atomic E-state index is 11.8. The summed E-state index contributed by atoms with van der Waals surface area (Å²) in [6.07, 6.45) is 0. The molecule has 0 aromatic heterocycles. The molecule has 1 unspecified atom stereocenters. The first kappa shape index (κ1) is 13.8. The smallest absolute Gasteiger partial charge is 0.176 e. The molecule has 0 aliphatic carbocycles. The van der Waals surface area contributed by atoms with Gasteiger partial charge in [0.15, 0.2) is 5.78 Å². The summed E-state index contributed by atoms with van der Waals surface area (Å²) in [5.41, 5.74) is 2.91. The topological polar surface area (TPSA) is 26.3 Å². The molecule has 98 valence electrons. The molecule has 19 heavy (non-hydrogen) atoms. The highest BCUT2D eigenvalue weighted by atomic mass is 79.9. The van der Waals surface area contributed by atoms with Gasteiger partial charge in [-0.05, 0) is 30.2 Å². The van der Waals surface area contributed by atoms with Gasteiger partial charge in [-0.25, -0.2) is 0 Å². The predicted molar refractivity (Wildman–Crippen MR) is 81.1 cm³/mol. The van der Waals surface area contributed by atoms with Crippen LogP contribution in [-0.4, -0.2) is 17.7 Å². The fraction of sp³-hybridized carbons (Fsp3) is 0.188. The molecule has 0 aliphatic heterocycles. The molecule has 0 N–H and O–H groups in total. The minimum absolute atomic E-state index is 0.0984. The zero-order valence-electron chi connectivity index (χ0n) is 10.9. The van der Waals surface area contributed by atoms with Crippen molar-refractivity contribution in [3.63, 3.8) is 0 Å². The van der Waals surface area contributed by atoms with E-state index in [4.69, 9.17) is 4.74 Å². The number of hydrogen-bond acceptors (Lipinski definition) is 2. The van der Waals surface area contributed by atoms with Crippen LogP contribution < -0.4 is 4.74 Å². The molecule has 0 spiro atoms. The second-order valence-corrected chi connectivity index (χ2v) is 5.66. The average Bonchev–Trinajstić information content (AvgIpc) is 2.46. The van der Waals surface area contributed by atoms with Crippen LogP contribution in [0.4, 0.5) is 0 Å². The molecule has 0 saturated heterocycles. The summed E-state index contributed by atoms with van der Waals surface area (Å²) in [6, 6.07) is 15.5. The number of rotatable bonds is 4. The number of ether oxygens (including phenoxy) is 1. The molecule has 0 fully saturated rings. The van der Waals surface area contributed by atoms with Crippen LogP contribution in [0.25, 0.3) is 11.1 Å². The van der Waals surface area contributed by atoms with E-state index in [0.29, 0.717) is 0 Å². The number of carbonyl (C=O) groups excluding carboxylic acids is 1. The lowest BCUT2D eigenvalue weighted by atomic mass is 10.0. The zero-order valence-corrected chi connectivity index (χ0v) is 12.5. The molecule has 0 heterocycles. The average molecular weight is 319 g/mol. The Bertz CT molecular complexity index is 556. The van der Waals surface area contributed by atoms with Crippen molar-refractivity contribution in [2.45, 2.75) is 11.8 Å². The minimum Gasteiger partial charge on any atom is -0.497 e. The molecule has 0 radical (unpaired) electrons. The SMILES string of the molecule is COc1ccc(-c2ccc(C(=O)C(C)Br)cc2)cc1. The molecule has 0 bridgehead atoms. The zero-order chi connectivity index (χ0) is 13.8. The van der Waals surface area contributed by atoms with Crippen molar-refractivity contribution in [2.24, 2.45) is 0 Å². The molecular formula is C16H15BrO2. The monoisotopic (exact) mass is 318 g/mol. The van der Waals surface area contributed by atoms with Gasteiger partial charge in [-0.3, -0.25) is 4.79 Å². The fourth-order valence-electron chi connectivity index (χ4n) is 1.84. The largest absolute Gasteiger partial charge is 0.497 e.